The molecule has 2 aromatic rings. The van der Waals surface area contributed by atoms with Crippen molar-refractivity contribution in [3.05, 3.63) is 35.3 Å². The Balaban J connectivity index is 2.76. The molecule has 0 aliphatic heterocycles. The van der Waals surface area contributed by atoms with E-state index in [1.54, 1.807) is 20.5 Å². The van der Waals surface area contributed by atoms with Crippen molar-refractivity contribution in [3.8, 4) is 22.8 Å². The minimum atomic E-state index is 0.762. The number of hydrogen-bond acceptors (Lipinski definition) is 4. The lowest BCUT2D eigenvalue weighted by Gasteiger charge is -2.15. The highest BCUT2D eigenvalue weighted by atomic mass is 16.5. The summed E-state index contributed by atoms with van der Waals surface area (Å²) in [7, 11) is 3.31. The number of benzene rings is 1. The average Bonchev–Trinajstić information content (AvgIpc) is 2.41. The molecule has 4 heteroatoms. The average molecular weight is 258 g/mol. The second-order valence-corrected chi connectivity index (χ2v) is 4.48. The van der Waals surface area contributed by atoms with Gasteiger partial charge in [-0.15, -0.1) is 0 Å². The predicted molar refractivity (Wildman–Crippen MR) is 74.8 cm³/mol. The van der Waals surface area contributed by atoms with Gasteiger partial charge in [0, 0.05) is 5.69 Å². The molecule has 0 aliphatic rings. The van der Waals surface area contributed by atoms with Gasteiger partial charge in [-0.3, -0.25) is 0 Å². The van der Waals surface area contributed by atoms with E-state index >= 15 is 0 Å². The number of hydrogen-bond donors (Lipinski definition) is 0. The third kappa shape index (κ3) is 2.38. The molecule has 0 aliphatic carbocycles. The molecule has 19 heavy (non-hydrogen) atoms. The molecule has 100 valence electrons. The summed E-state index contributed by atoms with van der Waals surface area (Å²) in [6, 6.07) is 3.96. The van der Waals surface area contributed by atoms with Crippen LogP contribution < -0.4 is 9.47 Å². The van der Waals surface area contributed by atoms with Gasteiger partial charge in [-0.1, -0.05) is 0 Å². The number of ether oxygens (including phenoxy) is 2. The molecule has 4 nitrogen and oxygen atoms in total. The van der Waals surface area contributed by atoms with E-state index in [0.29, 0.717) is 0 Å². The summed E-state index contributed by atoms with van der Waals surface area (Å²) in [6.45, 7) is 5.98. The normalized spacial score (nSPS) is 10.4. The van der Waals surface area contributed by atoms with Gasteiger partial charge >= 0.3 is 0 Å². The second-order valence-electron chi connectivity index (χ2n) is 4.48. The molecule has 0 N–H and O–H groups in total. The Morgan fingerprint density at radius 1 is 0.895 bits per heavy atom. The molecule has 1 aromatic heterocycles. The first-order chi connectivity index (χ1) is 9.08. The number of nitrogens with zero attached hydrogens (tertiary/aromatic N) is 2. The maximum atomic E-state index is 5.48. The lowest BCUT2D eigenvalue weighted by atomic mass is 10.0. The number of aromatic nitrogens is 2. The van der Waals surface area contributed by atoms with E-state index in [0.717, 1.165) is 39.6 Å². The third-order valence-electron chi connectivity index (χ3n) is 3.22. The lowest BCUT2D eigenvalue weighted by Crippen LogP contribution is -2.00. The number of methoxy groups -OCH3 is 2. The van der Waals surface area contributed by atoms with E-state index in [-0.39, 0.29) is 0 Å². The molecular formula is C15H18N2O2. The standard InChI is InChI=1S/C15H18N2O2/c1-9-6-12(18-4)14(13(7-9)19-5)15-10(2)11(3)16-8-17-15/h6-8H,1-5H3. The molecule has 0 atom stereocenters. The van der Waals surface area contributed by atoms with Gasteiger partial charge in [0.25, 0.3) is 0 Å². The maximum Gasteiger partial charge on any atom is 0.132 e. The van der Waals surface area contributed by atoms with E-state index in [4.69, 9.17) is 9.47 Å². The van der Waals surface area contributed by atoms with E-state index in [2.05, 4.69) is 9.97 Å². The lowest BCUT2D eigenvalue weighted by molar-refractivity contribution is 0.396. The van der Waals surface area contributed by atoms with Crippen LogP contribution in [0.25, 0.3) is 11.3 Å². The molecule has 0 saturated heterocycles. The molecular weight excluding hydrogens is 240 g/mol. The van der Waals surface area contributed by atoms with Crippen molar-refractivity contribution in [3.63, 3.8) is 0 Å². The molecule has 0 fully saturated rings. The molecule has 0 unspecified atom stereocenters. The van der Waals surface area contributed by atoms with Crippen molar-refractivity contribution in [1.29, 1.82) is 0 Å². The summed E-state index contributed by atoms with van der Waals surface area (Å²) >= 11 is 0. The zero-order valence-corrected chi connectivity index (χ0v) is 11.9. The monoisotopic (exact) mass is 258 g/mol. The number of aryl methyl sites for hydroxylation is 2. The Morgan fingerprint density at radius 3 is 2.00 bits per heavy atom. The van der Waals surface area contributed by atoms with Crippen LogP contribution in [0.1, 0.15) is 16.8 Å². The second kappa shape index (κ2) is 5.26. The first-order valence-corrected chi connectivity index (χ1v) is 6.09. The Labute approximate surface area is 113 Å². The van der Waals surface area contributed by atoms with Crippen LogP contribution in [0.5, 0.6) is 11.5 Å². The van der Waals surface area contributed by atoms with Gasteiger partial charge in [-0.2, -0.15) is 0 Å². The smallest absolute Gasteiger partial charge is 0.132 e. The van der Waals surface area contributed by atoms with E-state index in [1.165, 1.54) is 0 Å². The Hall–Kier alpha value is -2.10. The van der Waals surface area contributed by atoms with Crippen LogP contribution in [0.15, 0.2) is 18.5 Å². The topological polar surface area (TPSA) is 44.2 Å². The molecule has 0 saturated carbocycles. The molecule has 2 rings (SSSR count). The minimum absolute atomic E-state index is 0.762. The predicted octanol–water partition coefficient (Wildman–Crippen LogP) is 3.09. The Morgan fingerprint density at radius 2 is 1.47 bits per heavy atom. The van der Waals surface area contributed by atoms with Crippen molar-refractivity contribution in [2.75, 3.05) is 14.2 Å². The van der Waals surface area contributed by atoms with Crippen molar-refractivity contribution < 1.29 is 9.47 Å². The van der Waals surface area contributed by atoms with E-state index in [1.807, 2.05) is 32.9 Å². The Kier molecular flexibility index (Phi) is 3.69. The van der Waals surface area contributed by atoms with Gasteiger partial charge in [0.1, 0.15) is 17.8 Å². The summed E-state index contributed by atoms with van der Waals surface area (Å²) in [5.41, 5.74) is 4.79. The van der Waals surface area contributed by atoms with E-state index < -0.39 is 0 Å². The minimum Gasteiger partial charge on any atom is -0.496 e. The molecule has 1 aromatic carbocycles. The summed E-state index contributed by atoms with van der Waals surface area (Å²) in [5, 5.41) is 0. The largest absolute Gasteiger partial charge is 0.496 e. The van der Waals surface area contributed by atoms with Crippen molar-refractivity contribution in [1.82, 2.24) is 9.97 Å². The van der Waals surface area contributed by atoms with Crippen LogP contribution in [0.4, 0.5) is 0 Å². The highest BCUT2D eigenvalue weighted by molar-refractivity contribution is 5.77. The van der Waals surface area contributed by atoms with Gasteiger partial charge in [0.05, 0.1) is 25.5 Å². The van der Waals surface area contributed by atoms with Crippen LogP contribution >= 0.6 is 0 Å². The summed E-state index contributed by atoms with van der Waals surface area (Å²) in [4.78, 5) is 8.59. The van der Waals surface area contributed by atoms with Crippen LogP contribution in [-0.4, -0.2) is 24.2 Å². The van der Waals surface area contributed by atoms with Crippen molar-refractivity contribution in [2.45, 2.75) is 20.8 Å². The molecule has 0 bridgehead atoms. The molecule has 0 amide bonds. The van der Waals surface area contributed by atoms with Gasteiger partial charge in [0.15, 0.2) is 0 Å². The number of rotatable bonds is 3. The molecule has 0 radical (unpaired) electrons. The quantitative estimate of drug-likeness (QED) is 0.848. The molecule has 0 spiro atoms. The first kappa shape index (κ1) is 13.3. The van der Waals surface area contributed by atoms with Gasteiger partial charge in [-0.25, -0.2) is 9.97 Å². The fourth-order valence-corrected chi connectivity index (χ4v) is 2.07. The highest BCUT2D eigenvalue weighted by Gasteiger charge is 2.17. The van der Waals surface area contributed by atoms with Gasteiger partial charge in [-0.05, 0) is 44.0 Å². The van der Waals surface area contributed by atoms with Gasteiger partial charge in [0.2, 0.25) is 0 Å². The highest BCUT2D eigenvalue weighted by Crippen LogP contribution is 2.39. The maximum absolute atomic E-state index is 5.48. The SMILES string of the molecule is COc1cc(C)cc(OC)c1-c1ncnc(C)c1C. The van der Waals surface area contributed by atoms with Crippen LogP contribution in [0.2, 0.25) is 0 Å². The van der Waals surface area contributed by atoms with Crippen molar-refractivity contribution in [2.24, 2.45) is 0 Å². The summed E-state index contributed by atoms with van der Waals surface area (Å²) in [6.07, 6.45) is 1.57. The zero-order valence-electron chi connectivity index (χ0n) is 11.9. The fraction of sp³-hybridized carbons (Fsp3) is 0.333. The van der Waals surface area contributed by atoms with Crippen LogP contribution in [0, 0.1) is 20.8 Å². The summed E-state index contributed by atoms with van der Waals surface area (Å²) in [5.74, 6) is 1.52. The fourth-order valence-electron chi connectivity index (χ4n) is 2.07. The van der Waals surface area contributed by atoms with Crippen LogP contribution in [-0.2, 0) is 0 Å². The van der Waals surface area contributed by atoms with Crippen molar-refractivity contribution >= 4 is 0 Å². The Bertz CT molecular complexity index is 584. The van der Waals surface area contributed by atoms with E-state index in [9.17, 15) is 0 Å². The first-order valence-electron chi connectivity index (χ1n) is 6.09. The molecule has 1 heterocycles. The van der Waals surface area contributed by atoms with Gasteiger partial charge < -0.3 is 9.47 Å². The van der Waals surface area contributed by atoms with Crippen LogP contribution in [0.3, 0.4) is 0 Å². The third-order valence-corrected chi connectivity index (χ3v) is 3.22. The zero-order chi connectivity index (χ0) is 14.0. The summed E-state index contributed by atoms with van der Waals surface area (Å²) < 4.78 is 11.0.